The Morgan fingerprint density at radius 3 is 2.56 bits per heavy atom. The molecule has 0 atom stereocenters. The number of rotatable bonds is 6. The molecule has 0 unspecified atom stereocenters. The van der Waals surface area contributed by atoms with Gasteiger partial charge in [-0.1, -0.05) is 6.92 Å². The smallest absolute Gasteiger partial charge is 0.315 e. The number of nitrogens with one attached hydrogen (secondary N) is 2. The molecule has 0 aromatic carbocycles. The van der Waals surface area contributed by atoms with Gasteiger partial charge in [0.2, 0.25) is 0 Å². The molecule has 4 nitrogen and oxygen atoms in total. The third-order valence-corrected chi connectivity index (χ3v) is 3.98. The van der Waals surface area contributed by atoms with Gasteiger partial charge >= 0.3 is 6.03 Å². The summed E-state index contributed by atoms with van der Waals surface area (Å²) in [6.45, 7) is 6.87. The minimum atomic E-state index is 0.0179. The van der Waals surface area contributed by atoms with E-state index in [1.54, 1.807) is 0 Å². The zero-order valence-corrected chi connectivity index (χ0v) is 11.6. The fourth-order valence-electron chi connectivity index (χ4n) is 2.41. The van der Waals surface area contributed by atoms with E-state index in [0.29, 0.717) is 6.04 Å². The molecule has 1 heterocycles. The molecule has 0 bridgehead atoms. The lowest BCUT2D eigenvalue weighted by atomic mass is 9.99. The van der Waals surface area contributed by atoms with Gasteiger partial charge in [-0.2, -0.15) is 0 Å². The first-order valence-electron chi connectivity index (χ1n) is 7.51. The van der Waals surface area contributed by atoms with Gasteiger partial charge < -0.3 is 15.5 Å². The number of piperidine rings is 1. The maximum atomic E-state index is 11.4. The van der Waals surface area contributed by atoms with Crippen molar-refractivity contribution in [1.82, 2.24) is 15.5 Å². The molecule has 2 aliphatic rings. The highest BCUT2D eigenvalue weighted by Gasteiger charge is 2.22. The molecule has 4 heteroatoms. The van der Waals surface area contributed by atoms with E-state index in [0.717, 1.165) is 31.7 Å². The van der Waals surface area contributed by atoms with Gasteiger partial charge in [0, 0.05) is 12.6 Å². The number of carbonyl (C=O) groups excluding carboxylic acids is 1. The summed E-state index contributed by atoms with van der Waals surface area (Å²) in [5.41, 5.74) is 0. The summed E-state index contributed by atoms with van der Waals surface area (Å²) < 4.78 is 0. The summed E-state index contributed by atoms with van der Waals surface area (Å²) in [7, 11) is 0. The van der Waals surface area contributed by atoms with Crippen molar-refractivity contribution in [2.75, 3.05) is 26.2 Å². The predicted molar refractivity (Wildman–Crippen MR) is 73.6 cm³/mol. The summed E-state index contributed by atoms with van der Waals surface area (Å²) in [4.78, 5) is 13.9. The molecular formula is C14H27N3O. The van der Waals surface area contributed by atoms with Crippen LogP contribution in [-0.2, 0) is 0 Å². The van der Waals surface area contributed by atoms with Gasteiger partial charge in [0.1, 0.15) is 0 Å². The van der Waals surface area contributed by atoms with Crippen LogP contribution in [0.15, 0.2) is 0 Å². The highest BCUT2D eigenvalue weighted by atomic mass is 16.2. The van der Waals surface area contributed by atoms with Crippen LogP contribution in [0.5, 0.6) is 0 Å². The van der Waals surface area contributed by atoms with Crippen LogP contribution in [0.1, 0.15) is 45.4 Å². The highest BCUT2D eigenvalue weighted by Crippen LogP contribution is 2.18. The van der Waals surface area contributed by atoms with Gasteiger partial charge in [0.05, 0.1) is 0 Å². The Hall–Kier alpha value is -0.770. The second-order valence-electron chi connectivity index (χ2n) is 5.91. The number of amides is 2. The monoisotopic (exact) mass is 253 g/mol. The van der Waals surface area contributed by atoms with Crippen molar-refractivity contribution >= 4 is 6.03 Å². The summed E-state index contributed by atoms with van der Waals surface area (Å²) >= 11 is 0. The quantitative estimate of drug-likeness (QED) is 0.711. The highest BCUT2D eigenvalue weighted by molar-refractivity contribution is 5.74. The molecule has 2 amide bonds. The number of hydrogen-bond acceptors (Lipinski definition) is 2. The number of urea groups is 1. The zero-order chi connectivity index (χ0) is 12.8. The lowest BCUT2D eigenvalue weighted by Crippen LogP contribution is -2.37. The Morgan fingerprint density at radius 2 is 1.89 bits per heavy atom. The van der Waals surface area contributed by atoms with Gasteiger partial charge in [-0.3, -0.25) is 0 Å². The fraction of sp³-hybridized carbons (Fsp3) is 0.929. The van der Waals surface area contributed by atoms with Crippen molar-refractivity contribution < 1.29 is 4.79 Å². The SMILES string of the molecule is CC1CCN(CCCCNC(=O)NC2CC2)CC1. The van der Waals surface area contributed by atoms with E-state index in [1.807, 2.05) is 0 Å². The predicted octanol–water partition coefficient (Wildman–Crippen LogP) is 1.96. The van der Waals surface area contributed by atoms with E-state index in [2.05, 4.69) is 22.5 Å². The van der Waals surface area contributed by atoms with E-state index in [-0.39, 0.29) is 6.03 Å². The molecule has 2 N–H and O–H groups in total. The number of likely N-dealkylation sites (tertiary alicyclic amines) is 1. The summed E-state index contributed by atoms with van der Waals surface area (Å²) in [5.74, 6) is 0.911. The van der Waals surface area contributed by atoms with E-state index in [1.165, 1.54) is 38.9 Å². The molecule has 0 aromatic heterocycles. The third kappa shape index (κ3) is 5.25. The van der Waals surface area contributed by atoms with Crippen molar-refractivity contribution in [3.05, 3.63) is 0 Å². The standard InChI is InChI=1S/C14H27N3O/c1-12-6-10-17(11-7-12)9-3-2-8-15-14(18)16-13-4-5-13/h12-13H,2-11H2,1H3,(H2,15,16,18). The van der Waals surface area contributed by atoms with Crippen LogP contribution in [0.2, 0.25) is 0 Å². The van der Waals surface area contributed by atoms with Gasteiger partial charge in [0.25, 0.3) is 0 Å². The maximum Gasteiger partial charge on any atom is 0.315 e. The molecule has 2 fully saturated rings. The van der Waals surface area contributed by atoms with Gasteiger partial charge in [-0.25, -0.2) is 4.79 Å². The van der Waals surface area contributed by atoms with Crippen LogP contribution < -0.4 is 10.6 Å². The molecule has 1 aliphatic carbocycles. The fourth-order valence-corrected chi connectivity index (χ4v) is 2.41. The second kappa shape index (κ2) is 6.98. The zero-order valence-electron chi connectivity index (χ0n) is 11.6. The van der Waals surface area contributed by atoms with Gasteiger partial charge in [-0.05, 0) is 64.1 Å². The lowest BCUT2D eigenvalue weighted by Gasteiger charge is -2.30. The molecule has 0 aromatic rings. The second-order valence-corrected chi connectivity index (χ2v) is 5.91. The van der Waals surface area contributed by atoms with Crippen molar-refractivity contribution in [3.63, 3.8) is 0 Å². The number of carbonyl (C=O) groups is 1. The van der Waals surface area contributed by atoms with Crippen LogP contribution >= 0.6 is 0 Å². The van der Waals surface area contributed by atoms with E-state index in [9.17, 15) is 4.79 Å². The molecule has 0 radical (unpaired) electrons. The Morgan fingerprint density at radius 1 is 1.17 bits per heavy atom. The Bertz CT molecular complexity index is 258. The molecule has 0 spiro atoms. The van der Waals surface area contributed by atoms with Crippen LogP contribution in [0.25, 0.3) is 0 Å². The molecule has 104 valence electrons. The van der Waals surface area contributed by atoms with Crippen molar-refractivity contribution in [3.8, 4) is 0 Å². The third-order valence-electron chi connectivity index (χ3n) is 3.98. The van der Waals surface area contributed by atoms with Gasteiger partial charge in [0.15, 0.2) is 0 Å². The molecule has 1 saturated carbocycles. The van der Waals surface area contributed by atoms with Crippen molar-refractivity contribution in [1.29, 1.82) is 0 Å². The van der Waals surface area contributed by atoms with Crippen LogP contribution in [0.4, 0.5) is 4.79 Å². The molecule has 2 rings (SSSR count). The van der Waals surface area contributed by atoms with Crippen molar-refractivity contribution in [2.45, 2.75) is 51.5 Å². The average molecular weight is 253 g/mol. The first kappa shape index (κ1) is 13.7. The minimum absolute atomic E-state index is 0.0179. The minimum Gasteiger partial charge on any atom is -0.338 e. The molecule has 18 heavy (non-hydrogen) atoms. The molecule has 1 saturated heterocycles. The largest absolute Gasteiger partial charge is 0.338 e. The topological polar surface area (TPSA) is 44.4 Å². The van der Waals surface area contributed by atoms with Crippen LogP contribution in [-0.4, -0.2) is 43.2 Å². The number of hydrogen-bond donors (Lipinski definition) is 2. The molecule has 1 aliphatic heterocycles. The summed E-state index contributed by atoms with van der Waals surface area (Å²) in [6, 6.07) is 0.477. The normalized spacial score (nSPS) is 21.8. The first-order valence-corrected chi connectivity index (χ1v) is 7.51. The number of nitrogens with zero attached hydrogens (tertiary/aromatic N) is 1. The Kier molecular flexibility index (Phi) is 5.29. The first-order chi connectivity index (χ1) is 8.74. The van der Waals surface area contributed by atoms with E-state index >= 15 is 0 Å². The lowest BCUT2D eigenvalue weighted by molar-refractivity contribution is 0.189. The summed E-state index contributed by atoms with van der Waals surface area (Å²) in [6.07, 6.45) is 7.29. The average Bonchev–Trinajstić information content (AvgIpc) is 3.15. The summed E-state index contributed by atoms with van der Waals surface area (Å²) in [5, 5.41) is 5.87. The number of unbranched alkanes of at least 4 members (excludes halogenated alkanes) is 1. The van der Waals surface area contributed by atoms with E-state index in [4.69, 9.17) is 0 Å². The van der Waals surface area contributed by atoms with Crippen LogP contribution in [0, 0.1) is 5.92 Å². The molecular weight excluding hydrogens is 226 g/mol. The Balaban J connectivity index is 1.42. The van der Waals surface area contributed by atoms with E-state index < -0.39 is 0 Å². The maximum absolute atomic E-state index is 11.4. The van der Waals surface area contributed by atoms with Crippen LogP contribution in [0.3, 0.4) is 0 Å². The van der Waals surface area contributed by atoms with Crippen molar-refractivity contribution in [2.24, 2.45) is 5.92 Å². The van der Waals surface area contributed by atoms with Gasteiger partial charge in [-0.15, -0.1) is 0 Å². The Labute approximate surface area is 110 Å².